The molecule has 124 valence electrons. The van der Waals surface area contributed by atoms with Gasteiger partial charge in [-0.3, -0.25) is 4.99 Å². The van der Waals surface area contributed by atoms with Crippen molar-refractivity contribution in [1.82, 2.24) is 14.9 Å². The van der Waals surface area contributed by atoms with Gasteiger partial charge in [-0.2, -0.15) is 0 Å². The van der Waals surface area contributed by atoms with Gasteiger partial charge >= 0.3 is 0 Å². The first-order valence-corrected chi connectivity index (χ1v) is 8.23. The van der Waals surface area contributed by atoms with Gasteiger partial charge in [0.1, 0.15) is 5.82 Å². The molecule has 0 amide bonds. The van der Waals surface area contributed by atoms with Gasteiger partial charge in [0.25, 0.3) is 0 Å². The van der Waals surface area contributed by atoms with Gasteiger partial charge in [-0.05, 0) is 17.9 Å². The van der Waals surface area contributed by atoms with Crippen LogP contribution in [0.15, 0.2) is 47.7 Å². The van der Waals surface area contributed by atoms with Crippen molar-refractivity contribution in [1.29, 1.82) is 0 Å². The minimum absolute atomic E-state index is 0.520. The smallest absolute Gasteiger partial charge is 0.188 e. The number of nitrogens with two attached hydrogens (primary N) is 1. The maximum absolute atomic E-state index is 5.87. The molecule has 0 aliphatic carbocycles. The molecule has 1 aromatic carbocycles. The van der Waals surface area contributed by atoms with E-state index in [0.717, 1.165) is 38.3 Å². The van der Waals surface area contributed by atoms with Gasteiger partial charge < -0.3 is 15.6 Å². The van der Waals surface area contributed by atoms with Crippen molar-refractivity contribution in [2.75, 3.05) is 13.1 Å². The average molecular weight is 313 g/mol. The largest absolute Gasteiger partial charge is 0.370 e. The third kappa shape index (κ3) is 6.14. The summed E-state index contributed by atoms with van der Waals surface area (Å²) in [5, 5.41) is 3.16. The van der Waals surface area contributed by atoms with Crippen LogP contribution in [0.2, 0.25) is 0 Å². The van der Waals surface area contributed by atoms with Crippen LogP contribution in [0.25, 0.3) is 0 Å². The Morgan fingerprint density at radius 1 is 1.30 bits per heavy atom. The third-order valence-corrected chi connectivity index (χ3v) is 3.64. The van der Waals surface area contributed by atoms with E-state index in [1.54, 1.807) is 0 Å². The Morgan fingerprint density at radius 2 is 2.09 bits per heavy atom. The zero-order valence-corrected chi connectivity index (χ0v) is 14.1. The molecule has 0 bridgehead atoms. The summed E-state index contributed by atoms with van der Waals surface area (Å²) in [6.07, 6.45) is 5.74. The summed E-state index contributed by atoms with van der Waals surface area (Å²) in [6, 6.07) is 10.4. The quantitative estimate of drug-likeness (QED) is 0.581. The number of guanidine groups is 1. The summed E-state index contributed by atoms with van der Waals surface area (Å²) < 4.78 is 2.17. The van der Waals surface area contributed by atoms with Crippen LogP contribution >= 0.6 is 0 Å². The van der Waals surface area contributed by atoms with Crippen LogP contribution in [0.5, 0.6) is 0 Å². The standard InChI is InChI=1S/C18H27N5/c1-15(2)8-10-21-18(19)22-11-9-17-20-12-13-23(17)14-16-6-4-3-5-7-16/h3-7,12-13,15H,8-11,14H2,1-2H3,(H3,19,21,22). The topological polar surface area (TPSA) is 68.2 Å². The van der Waals surface area contributed by atoms with Gasteiger partial charge in [0.15, 0.2) is 5.96 Å². The number of rotatable bonds is 8. The molecule has 23 heavy (non-hydrogen) atoms. The molecular weight excluding hydrogens is 286 g/mol. The Kier molecular flexibility index (Phi) is 6.66. The summed E-state index contributed by atoms with van der Waals surface area (Å²) >= 11 is 0. The highest BCUT2D eigenvalue weighted by Gasteiger charge is 2.03. The molecule has 2 aromatic rings. The molecule has 0 aliphatic heterocycles. The maximum Gasteiger partial charge on any atom is 0.188 e. The highest BCUT2D eigenvalue weighted by Crippen LogP contribution is 2.05. The fourth-order valence-electron chi connectivity index (χ4n) is 2.29. The lowest BCUT2D eigenvalue weighted by molar-refractivity contribution is 0.595. The molecule has 1 heterocycles. The lowest BCUT2D eigenvalue weighted by Crippen LogP contribution is -2.33. The molecule has 0 spiro atoms. The third-order valence-electron chi connectivity index (χ3n) is 3.64. The molecule has 0 saturated carbocycles. The van der Waals surface area contributed by atoms with Crippen molar-refractivity contribution in [2.45, 2.75) is 33.2 Å². The number of benzene rings is 1. The van der Waals surface area contributed by atoms with Crippen LogP contribution in [0, 0.1) is 5.92 Å². The minimum Gasteiger partial charge on any atom is -0.370 e. The monoisotopic (exact) mass is 313 g/mol. The van der Waals surface area contributed by atoms with E-state index in [-0.39, 0.29) is 0 Å². The zero-order valence-electron chi connectivity index (χ0n) is 14.1. The predicted molar refractivity (Wildman–Crippen MR) is 95.4 cm³/mol. The fraction of sp³-hybridized carbons (Fsp3) is 0.444. The second kappa shape index (κ2) is 8.98. The Hall–Kier alpha value is -2.30. The number of hydrogen-bond acceptors (Lipinski definition) is 2. The molecule has 2 rings (SSSR count). The molecule has 3 N–H and O–H groups in total. The van der Waals surface area contributed by atoms with E-state index < -0.39 is 0 Å². The second-order valence-corrected chi connectivity index (χ2v) is 6.08. The summed E-state index contributed by atoms with van der Waals surface area (Å²) in [5.41, 5.74) is 7.15. The van der Waals surface area contributed by atoms with E-state index in [1.807, 2.05) is 18.5 Å². The molecular formula is C18H27N5. The zero-order chi connectivity index (χ0) is 16.5. The lowest BCUT2D eigenvalue weighted by Gasteiger charge is -2.09. The van der Waals surface area contributed by atoms with E-state index in [1.165, 1.54) is 5.56 Å². The van der Waals surface area contributed by atoms with Crippen molar-refractivity contribution < 1.29 is 0 Å². The van der Waals surface area contributed by atoms with E-state index in [0.29, 0.717) is 11.9 Å². The van der Waals surface area contributed by atoms with Crippen LogP contribution in [0.1, 0.15) is 31.7 Å². The highest BCUT2D eigenvalue weighted by molar-refractivity contribution is 5.77. The first kappa shape index (κ1) is 17.1. The molecule has 1 aromatic heterocycles. The normalized spacial score (nSPS) is 11.9. The molecule has 5 nitrogen and oxygen atoms in total. The van der Waals surface area contributed by atoms with Crippen molar-refractivity contribution in [2.24, 2.45) is 16.6 Å². The van der Waals surface area contributed by atoms with Gasteiger partial charge in [-0.15, -0.1) is 0 Å². The summed E-state index contributed by atoms with van der Waals surface area (Å²) in [5.74, 6) is 2.22. The molecule has 5 heteroatoms. The van der Waals surface area contributed by atoms with Gasteiger partial charge in [-0.1, -0.05) is 44.2 Å². The lowest BCUT2D eigenvalue weighted by atomic mass is 10.1. The Balaban J connectivity index is 1.79. The van der Waals surface area contributed by atoms with E-state index >= 15 is 0 Å². The van der Waals surface area contributed by atoms with Crippen LogP contribution in [0.4, 0.5) is 0 Å². The van der Waals surface area contributed by atoms with Crippen molar-refractivity contribution in [3.05, 3.63) is 54.1 Å². The fourth-order valence-corrected chi connectivity index (χ4v) is 2.29. The van der Waals surface area contributed by atoms with Crippen LogP contribution < -0.4 is 11.1 Å². The number of nitrogens with zero attached hydrogens (tertiary/aromatic N) is 3. The van der Waals surface area contributed by atoms with Crippen LogP contribution in [0.3, 0.4) is 0 Å². The summed E-state index contributed by atoms with van der Waals surface area (Å²) in [4.78, 5) is 8.77. The molecule has 0 saturated heterocycles. The number of nitrogens with one attached hydrogen (secondary N) is 1. The van der Waals surface area contributed by atoms with Gasteiger partial charge in [0, 0.05) is 38.4 Å². The first-order valence-electron chi connectivity index (χ1n) is 8.23. The van der Waals surface area contributed by atoms with E-state index in [9.17, 15) is 0 Å². The minimum atomic E-state index is 0.520. The Bertz CT molecular complexity index is 601. The SMILES string of the molecule is CC(C)CCN=C(N)NCCc1nccn1Cc1ccccc1. The molecule has 0 radical (unpaired) electrons. The highest BCUT2D eigenvalue weighted by atomic mass is 15.1. The van der Waals surface area contributed by atoms with Crippen molar-refractivity contribution >= 4 is 5.96 Å². The Labute approximate surface area is 138 Å². The first-order chi connectivity index (χ1) is 11.1. The van der Waals surface area contributed by atoms with E-state index in [4.69, 9.17) is 5.73 Å². The van der Waals surface area contributed by atoms with Crippen LogP contribution in [-0.4, -0.2) is 28.6 Å². The maximum atomic E-state index is 5.87. The van der Waals surface area contributed by atoms with E-state index in [2.05, 4.69) is 58.0 Å². The summed E-state index contributed by atoms with van der Waals surface area (Å²) in [6.45, 7) is 6.73. The van der Waals surface area contributed by atoms with Crippen molar-refractivity contribution in [3.63, 3.8) is 0 Å². The molecule has 0 fully saturated rings. The van der Waals surface area contributed by atoms with Gasteiger partial charge in [-0.25, -0.2) is 4.98 Å². The Morgan fingerprint density at radius 3 is 2.83 bits per heavy atom. The van der Waals surface area contributed by atoms with Crippen molar-refractivity contribution in [3.8, 4) is 0 Å². The van der Waals surface area contributed by atoms with Gasteiger partial charge in [0.2, 0.25) is 0 Å². The number of imidazole rings is 1. The van der Waals surface area contributed by atoms with Gasteiger partial charge in [0.05, 0.1) is 0 Å². The predicted octanol–water partition coefficient (Wildman–Crippen LogP) is 2.42. The number of aromatic nitrogens is 2. The molecule has 0 unspecified atom stereocenters. The number of aliphatic imine (C=N–C) groups is 1. The second-order valence-electron chi connectivity index (χ2n) is 6.08. The number of hydrogen-bond donors (Lipinski definition) is 2. The molecule has 0 atom stereocenters. The van der Waals surface area contributed by atoms with Crippen LogP contribution in [-0.2, 0) is 13.0 Å². The average Bonchev–Trinajstić information content (AvgIpc) is 2.95. The molecule has 0 aliphatic rings. The summed E-state index contributed by atoms with van der Waals surface area (Å²) in [7, 11) is 0.